The molecule has 0 saturated heterocycles. The van der Waals surface area contributed by atoms with E-state index in [0.717, 1.165) is 12.3 Å². The number of nitrogens with zero attached hydrogens (tertiary/aromatic N) is 1. The molecule has 0 spiro atoms. The van der Waals surface area contributed by atoms with Gasteiger partial charge in [0.25, 0.3) is 0 Å². The summed E-state index contributed by atoms with van der Waals surface area (Å²) in [5.41, 5.74) is 4.09. The molecule has 0 fully saturated rings. The molecule has 114 valence electrons. The molecule has 2 aromatic carbocycles. The van der Waals surface area contributed by atoms with Gasteiger partial charge < -0.3 is 9.30 Å². The van der Waals surface area contributed by atoms with Crippen LogP contribution in [0, 0.1) is 0 Å². The maximum absolute atomic E-state index is 5.34. The Kier molecular flexibility index (Phi) is 3.69. The van der Waals surface area contributed by atoms with Gasteiger partial charge >= 0.3 is 0 Å². The molecule has 0 aliphatic rings. The fourth-order valence-electron chi connectivity index (χ4n) is 2.74. The third-order valence-corrected chi connectivity index (χ3v) is 4.15. The highest BCUT2D eigenvalue weighted by Crippen LogP contribution is 2.24. The van der Waals surface area contributed by atoms with Crippen LogP contribution in [0.2, 0.25) is 0 Å². The van der Waals surface area contributed by atoms with Crippen molar-refractivity contribution in [3.63, 3.8) is 0 Å². The molecule has 2 nitrogen and oxygen atoms in total. The Morgan fingerprint density at radius 2 is 1.68 bits per heavy atom. The molecular formula is C20H23NO. The van der Waals surface area contributed by atoms with Crippen LogP contribution in [-0.2, 0) is 12.0 Å². The highest BCUT2D eigenvalue weighted by molar-refractivity contribution is 5.81. The van der Waals surface area contributed by atoms with E-state index in [9.17, 15) is 0 Å². The van der Waals surface area contributed by atoms with E-state index in [1.165, 1.54) is 22.0 Å². The van der Waals surface area contributed by atoms with Crippen LogP contribution in [-0.4, -0.2) is 11.7 Å². The number of benzene rings is 2. The van der Waals surface area contributed by atoms with Gasteiger partial charge in [-0.05, 0) is 40.1 Å². The van der Waals surface area contributed by atoms with Crippen LogP contribution in [0.4, 0.5) is 0 Å². The predicted molar refractivity (Wildman–Crippen MR) is 92.7 cm³/mol. The van der Waals surface area contributed by atoms with Gasteiger partial charge in [0.1, 0.15) is 5.75 Å². The zero-order valence-electron chi connectivity index (χ0n) is 13.8. The summed E-state index contributed by atoms with van der Waals surface area (Å²) in [6.45, 7) is 7.61. The van der Waals surface area contributed by atoms with Gasteiger partial charge in [-0.15, -0.1) is 0 Å². The van der Waals surface area contributed by atoms with E-state index in [2.05, 4.69) is 74.0 Å². The molecule has 3 rings (SSSR count). The number of methoxy groups -OCH3 is 1. The van der Waals surface area contributed by atoms with Crippen LogP contribution < -0.4 is 4.74 Å². The number of hydrogen-bond acceptors (Lipinski definition) is 1. The topological polar surface area (TPSA) is 14.2 Å². The maximum atomic E-state index is 5.34. The molecule has 1 aromatic heterocycles. The summed E-state index contributed by atoms with van der Waals surface area (Å²) in [6.07, 6.45) is 2.14. The first-order valence-corrected chi connectivity index (χ1v) is 7.70. The lowest BCUT2D eigenvalue weighted by atomic mass is 9.87. The number of aromatic nitrogens is 1. The Labute approximate surface area is 132 Å². The largest absolute Gasteiger partial charge is 0.497 e. The molecule has 0 bridgehead atoms. The van der Waals surface area contributed by atoms with Crippen molar-refractivity contribution in [3.8, 4) is 5.75 Å². The van der Waals surface area contributed by atoms with E-state index in [1.807, 2.05) is 6.07 Å². The lowest BCUT2D eigenvalue weighted by Gasteiger charge is -2.19. The standard InChI is InChI=1S/C20H23NO/c1-20(2,3)17-8-5-15(6-9-17)14-21-12-11-16-7-10-18(22-4)13-19(16)21/h5-13H,14H2,1-4H3. The molecule has 22 heavy (non-hydrogen) atoms. The van der Waals surface area contributed by atoms with Crippen molar-refractivity contribution in [1.82, 2.24) is 4.57 Å². The average molecular weight is 293 g/mol. The first kappa shape index (κ1) is 14.7. The Morgan fingerprint density at radius 1 is 0.955 bits per heavy atom. The molecule has 0 unspecified atom stereocenters. The molecule has 1 heterocycles. The first-order chi connectivity index (χ1) is 10.5. The fraction of sp³-hybridized carbons (Fsp3) is 0.300. The summed E-state index contributed by atoms with van der Waals surface area (Å²) in [5, 5.41) is 1.24. The molecule has 0 atom stereocenters. The summed E-state index contributed by atoms with van der Waals surface area (Å²) in [4.78, 5) is 0. The van der Waals surface area contributed by atoms with Crippen molar-refractivity contribution in [3.05, 3.63) is 65.9 Å². The second kappa shape index (κ2) is 5.53. The Hall–Kier alpha value is -2.22. The van der Waals surface area contributed by atoms with E-state index in [-0.39, 0.29) is 5.41 Å². The van der Waals surface area contributed by atoms with E-state index in [0.29, 0.717) is 0 Å². The minimum absolute atomic E-state index is 0.200. The number of rotatable bonds is 3. The Morgan fingerprint density at radius 3 is 2.32 bits per heavy atom. The molecule has 0 radical (unpaired) electrons. The van der Waals surface area contributed by atoms with Crippen molar-refractivity contribution in [2.75, 3.05) is 7.11 Å². The summed E-state index contributed by atoms with van der Waals surface area (Å²) in [5.74, 6) is 0.899. The maximum Gasteiger partial charge on any atom is 0.120 e. The minimum atomic E-state index is 0.200. The third kappa shape index (κ3) is 2.87. The molecule has 0 N–H and O–H groups in total. The van der Waals surface area contributed by atoms with Crippen LogP contribution in [0.15, 0.2) is 54.7 Å². The van der Waals surface area contributed by atoms with E-state index in [4.69, 9.17) is 4.74 Å². The third-order valence-electron chi connectivity index (χ3n) is 4.15. The number of fused-ring (bicyclic) bond motifs is 1. The van der Waals surface area contributed by atoms with Crippen LogP contribution in [0.1, 0.15) is 31.9 Å². The zero-order valence-corrected chi connectivity index (χ0v) is 13.8. The summed E-state index contributed by atoms with van der Waals surface area (Å²) >= 11 is 0. The van der Waals surface area contributed by atoms with E-state index >= 15 is 0 Å². The van der Waals surface area contributed by atoms with Crippen LogP contribution in [0.3, 0.4) is 0 Å². The SMILES string of the molecule is COc1ccc2ccn(Cc3ccc(C(C)(C)C)cc3)c2c1. The monoisotopic (exact) mass is 293 g/mol. The molecule has 0 amide bonds. The fourth-order valence-corrected chi connectivity index (χ4v) is 2.74. The number of ether oxygens (including phenoxy) is 1. The van der Waals surface area contributed by atoms with Gasteiger partial charge in [-0.25, -0.2) is 0 Å². The predicted octanol–water partition coefficient (Wildman–Crippen LogP) is 5.00. The van der Waals surface area contributed by atoms with Gasteiger partial charge in [-0.1, -0.05) is 45.0 Å². The van der Waals surface area contributed by atoms with Crippen molar-refractivity contribution >= 4 is 10.9 Å². The second-order valence-corrected chi connectivity index (χ2v) is 6.82. The lowest BCUT2D eigenvalue weighted by Crippen LogP contribution is -2.10. The quantitative estimate of drug-likeness (QED) is 0.663. The van der Waals surface area contributed by atoms with Crippen molar-refractivity contribution in [1.29, 1.82) is 0 Å². The zero-order chi connectivity index (χ0) is 15.7. The van der Waals surface area contributed by atoms with Gasteiger partial charge in [0.15, 0.2) is 0 Å². The highest BCUT2D eigenvalue weighted by Gasteiger charge is 2.13. The van der Waals surface area contributed by atoms with E-state index in [1.54, 1.807) is 7.11 Å². The van der Waals surface area contributed by atoms with Gasteiger partial charge in [0.2, 0.25) is 0 Å². The van der Waals surface area contributed by atoms with Gasteiger partial charge in [0, 0.05) is 18.8 Å². The summed E-state index contributed by atoms with van der Waals surface area (Å²) < 4.78 is 7.60. The lowest BCUT2D eigenvalue weighted by molar-refractivity contribution is 0.415. The molecular weight excluding hydrogens is 270 g/mol. The molecule has 2 heteroatoms. The van der Waals surface area contributed by atoms with Crippen LogP contribution >= 0.6 is 0 Å². The van der Waals surface area contributed by atoms with Gasteiger partial charge in [-0.3, -0.25) is 0 Å². The van der Waals surface area contributed by atoms with Crippen molar-refractivity contribution in [2.24, 2.45) is 0 Å². The normalized spacial score (nSPS) is 11.8. The van der Waals surface area contributed by atoms with Gasteiger partial charge in [-0.2, -0.15) is 0 Å². The average Bonchev–Trinajstić information content (AvgIpc) is 2.89. The highest BCUT2D eigenvalue weighted by atomic mass is 16.5. The second-order valence-electron chi connectivity index (χ2n) is 6.82. The number of hydrogen-bond donors (Lipinski definition) is 0. The van der Waals surface area contributed by atoms with Crippen LogP contribution in [0.25, 0.3) is 10.9 Å². The Balaban J connectivity index is 1.90. The summed E-state index contributed by atoms with van der Waals surface area (Å²) in [6, 6.07) is 17.3. The van der Waals surface area contributed by atoms with Crippen LogP contribution in [0.5, 0.6) is 5.75 Å². The van der Waals surface area contributed by atoms with E-state index < -0.39 is 0 Å². The van der Waals surface area contributed by atoms with Crippen molar-refractivity contribution in [2.45, 2.75) is 32.7 Å². The first-order valence-electron chi connectivity index (χ1n) is 7.70. The van der Waals surface area contributed by atoms with Gasteiger partial charge in [0.05, 0.1) is 12.6 Å². The molecule has 0 aliphatic heterocycles. The Bertz CT molecular complexity index is 776. The minimum Gasteiger partial charge on any atom is -0.497 e. The smallest absolute Gasteiger partial charge is 0.120 e. The molecule has 3 aromatic rings. The summed E-state index contributed by atoms with van der Waals surface area (Å²) in [7, 11) is 1.71. The molecule has 0 saturated carbocycles. The molecule has 0 aliphatic carbocycles. The van der Waals surface area contributed by atoms with Crippen molar-refractivity contribution < 1.29 is 4.74 Å².